The molecule has 2 atom stereocenters. The number of rotatable bonds is 4. The van der Waals surface area contributed by atoms with Crippen molar-refractivity contribution in [3.63, 3.8) is 0 Å². The van der Waals surface area contributed by atoms with Crippen molar-refractivity contribution in [1.82, 2.24) is 9.88 Å². The van der Waals surface area contributed by atoms with Gasteiger partial charge < -0.3 is 10.0 Å². The molecular formula is C19H24N2O2S. The van der Waals surface area contributed by atoms with Crippen molar-refractivity contribution in [2.24, 2.45) is 5.92 Å². The van der Waals surface area contributed by atoms with Crippen molar-refractivity contribution >= 4 is 17.2 Å². The van der Waals surface area contributed by atoms with Crippen LogP contribution >= 0.6 is 11.3 Å². The van der Waals surface area contributed by atoms with Gasteiger partial charge in [-0.2, -0.15) is 11.3 Å². The monoisotopic (exact) mass is 344 g/mol. The minimum atomic E-state index is -0.283. The number of hydrogen-bond donors (Lipinski definition) is 1. The molecule has 1 aliphatic carbocycles. The number of amides is 1. The Kier molecular flexibility index (Phi) is 5.31. The van der Waals surface area contributed by atoms with Crippen LogP contribution in [0.5, 0.6) is 0 Å². The number of aliphatic hydroxyl groups is 1. The Balaban J connectivity index is 1.72. The zero-order valence-corrected chi connectivity index (χ0v) is 15.1. The molecule has 4 nitrogen and oxygen atoms in total. The van der Waals surface area contributed by atoms with Gasteiger partial charge in [-0.25, -0.2) is 0 Å². The first-order chi connectivity index (χ1) is 11.6. The number of hydrogen-bond acceptors (Lipinski definition) is 4. The largest absolute Gasteiger partial charge is 0.393 e. The van der Waals surface area contributed by atoms with E-state index in [0.717, 1.165) is 42.6 Å². The second kappa shape index (κ2) is 7.45. The zero-order chi connectivity index (χ0) is 17.1. The maximum Gasteiger partial charge on any atom is 0.255 e. The Morgan fingerprint density at radius 1 is 1.33 bits per heavy atom. The average molecular weight is 344 g/mol. The van der Waals surface area contributed by atoms with Gasteiger partial charge in [0.1, 0.15) is 0 Å². The molecule has 3 rings (SSSR count). The lowest BCUT2D eigenvalue weighted by Crippen LogP contribution is -2.38. The lowest BCUT2D eigenvalue weighted by atomic mass is 9.86. The van der Waals surface area contributed by atoms with Crippen molar-refractivity contribution in [2.45, 2.75) is 38.7 Å². The van der Waals surface area contributed by atoms with E-state index in [0.29, 0.717) is 12.1 Å². The highest BCUT2D eigenvalue weighted by Crippen LogP contribution is 2.26. The van der Waals surface area contributed by atoms with Crippen LogP contribution in [0.25, 0.3) is 11.3 Å². The van der Waals surface area contributed by atoms with Gasteiger partial charge in [0.25, 0.3) is 5.91 Å². The van der Waals surface area contributed by atoms with Gasteiger partial charge in [0.15, 0.2) is 0 Å². The predicted octanol–water partition coefficient (Wildman–Crippen LogP) is 3.74. The van der Waals surface area contributed by atoms with Crippen molar-refractivity contribution in [2.75, 3.05) is 13.6 Å². The van der Waals surface area contributed by atoms with Crippen LogP contribution in [-0.2, 0) is 0 Å². The number of nitrogens with zero attached hydrogens (tertiary/aromatic N) is 2. The summed E-state index contributed by atoms with van der Waals surface area (Å²) in [6, 6.07) is 5.81. The quantitative estimate of drug-likeness (QED) is 0.919. The van der Waals surface area contributed by atoms with Crippen molar-refractivity contribution < 1.29 is 9.90 Å². The Labute approximate surface area is 147 Å². The molecule has 1 N–H and O–H groups in total. The topological polar surface area (TPSA) is 53.4 Å². The molecule has 1 saturated carbocycles. The SMILES string of the molecule is Cc1nc(-c2ccsc2)ccc1C(=O)N(C)CC1CCCCC1O. The normalized spacial score (nSPS) is 20.8. The summed E-state index contributed by atoms with van der Waals surface area (Å²) in [5.74, 6) is 0.167. The number of aliphatic hydroxyl groups excluding tert-OH is 1. The fraction of sp³-hybridized carbons (Fsp3) is 0.474. The maximum absolute atomic E-state index is 12.8. The molecule has 1 fully saturated rings. The van der Waals surface area contributed by atoms with E-state index in [1.807, 2.05) is 37.6 Å². The minimum Gasteiger partial charge on any atom is -0.393 e. The van der Waals surface area contributed by atoms with E-state index in [-0.39, 0.29) is 17.9 Å². The molecule has 2 aromatic heterocycles. The molecule has 2 unspecified atom stereocenters. The van der Waals surface area contributed by atoms with Gasteiger partial charge in [0, 0.05) is 30.5 Å². The lowest BCUT2D eigenvalue weighted by Gasteiger charge is -2.31. The summed E-state index contributed by atoms with van der Waals surface area (Å²) < 4.78 is 0. The van der Waals surface area contributed by atoms with E-state index in [2.05, 4.69) is 10.4 Å². The van der Waals surface area contributed by atoms with Gasteiger partial charge in [-0.15, -0.1) is 0 Å². The molecule has 1 amide bonds. The van der Waals surface area contributed by atoms with E-state index in [4.69, 9.17) is 0 Å². The molecule has 0 spiro atoms. The summed E-state index contributed by atoms with van der Waals surface area (Å²) in [7, 11) is 1.82. The van der Waals surface area contributed by atoms with Crippen LogP contribution in [0.3, 0.4) is 0 Å². The highest BCUT2D eigenvalue weighted by molar-refractivity contribution is 7.08. The van der Waals surface area contributed by atoms with Crippen LogP contribution in [0.15, 0.2) is 29.0 Å². The van der Waals surface area contributed by atoms with Crippen LogP contribution in [0.2, 0.25) is 0 Å². The van der Waals surface area contributed by atoms with Gasteiger partial charge in [0.2, 0.25) is 0 Å². The van der Waals surface area contributed by atoms with Gasteiger partial charge in [0.05, 0.1) is 23.1 Å². The van der Waals surface area contributed by atoms with E-state index < -0.39 is 0 Å². The van der Waals surface area contributed by atoms with E-state index in [1.165, 1.54) is 0 Å². The third-order valence-electron chi connectivity index (χ3n) is 4.86. The number of pyridine rings is 1. The third kappa shape index (κ3) is 3.68. The number of carbonyl (C=O) groups excluding carboxylic acids is 1. The van der Waals surface area contributed by atoms with Crippen LogP contribution in [0.1, 0.15) is 41.7 Å². The van der Waals surface area contributed by atoms with Gasteiger partial charge >= 0.3 is 0 Å². The van der Waals surface area contributed by atoms with E-state index in [1.54, 1.807) is 16.2 Å². The zero-order valence-electron chi connectivity index (χ0n) is 14.2. The molecule has 1 aliphatic rings. The van der Waals surface area contributed by atoms with Crippen molar-refractivity contribution in [3.05, 3.63) is 40.2 Å². The molecule has 24 heavy (non-hydrogen) atoms. The highest BCUT2D eigenvalue weighted by atomic mass is 32.1. The minimum absolute atomic E-state index is 0.0188. The first-order valence-corrected chi connectivity index (χ1v) is 9.44. The molecule has 0 aromatic carbocycles. The van der Waals surface area contributed by atoms with Crippen molar-refractivity contribution in [1.29, 1.82) is 0 Å². The van der Waals surface area contributed by atoms with Crippen LogP contribution < -0.4 is 0 Å². The summed E-state index contributed by atoms with van der Waals surface area (Å²) >= 11 is 1.64. The van der Waals surface area contributed by atoms with Gasteiger partial charge in [-0.3, -0.25) is 9.78 Å². The van der Waals surface area contributed by atoms with Gasteiger partial charge in [-0.05, 0) is 43.3 Å². The second-order valence-corrected chi connectivity index (χ2v) is 7.42. The smallest absolute Gasteiger partial charge is 0.255 e. The standard InChI is InChI=1S/C19H24N2O2S/c1-13-16(7-8-17(20-13)15-9-10-24-12-15)19(23)21(2)11-14-5-3-4-6-18(14)22/h7-10,12,14,18,22H,3-6,11H2,1-2H3. The molecule has 2 heterocycles. The van der Waals surface area contributed by atoms with Crippen LogP contribution in [0, 0.1) is 12.8 Å². The fourth-order valence-corrected chi connectivity index (χ4v) is 4.05. The first-order valence-electron chi connectivity index (χ1n) is 8.50. The Hall–Kier alpha value is -1.72. The first kappa shape index (κ1) is 17.1. The number of thiophene rings is 1. The lowest BCUT2D eigenvalue weighted by molar-refractivity contribution is 0.0450. The molecular weight excluding hydrogens is 320 g/mol. The summed E-state index contributed by atoms with van der Waals surface area (Å²) in [4.78, 5) is 19.1. The summed E-state index contributed by atoms with van der Waals surface area (Å²) in [6.45, 7) is 2.48. The molecule has 2 aromatic rings. The number of aromatic nitrogens is 1. The van der Waals surface area contributed by atoms with Crippen molar-refractivity contribution in [3.8, 4) is 11.3 Å². The summed E-state index contributed by atoms with van der Waals surface area (Å²) in [6.07, 6.45) is 3.78. The molecule has 5 heteroatoms. The Morgan fingerprint density at radius 3 is 2.79 bits per heavy atom. The second-order valence-electron chi connectivity index (χ2n) is 6.64. The summed E-state index contributed by atoms with van der Waals surface area (Å²) in [5, 5.41) is 14.2. The highest BCUT2D eigenvalue weighted by Gasteiger charge is 2.26. The fourth-order valence-electron chi connectivity index (χ4n) is 3.40. The van der Waals surface area contributed by atoms with E-state index >= 15 is 0 Å². The average Bonchev–Trinajstić information content (AvgIpc) is 3.11. The molecule has 0 bridgehead atoms. The molecule has 0 aliphatic heterocycles. The number of carbonyl (C=O) groups is 1. The Morgan fingerprint density at radius 2 is 2.12 bits per heavy atom. The maximum atomic E-state index is 12.8. The van der Waals surface area contributed by atoms with Crippen LogP contribution in [-0.4, -0.2) is 40.6 Å². The Bertz CT molecular complexity index is 699. The summed E-state index contributed by atoms with van der Waals surface area (Å²) in [5.41, 5.74) is 3.37. The predicted molar refractivity (Wildman–Crippen MR) is 97.2 cm³/mol. The molecule has 0 saturated heterocycles. The number of aryl methyl sites for hydroxylation is 1. The van der Waals surface area contributed by atoms with Crippen LogP contribution in [0.4, 0.5) is 0 Å². The molecule has 128 valence electrons. The van der Waals surface area contributed by atoms with Gasteiger partial charge in [-0.1, -0.05) is 12.8 Å². The third-order valence-corrected chi connectivity index (χ3v) is 5.54. The molecule has 0 radical (unpaired) electrons. The van der Waals surface area contributed by atoms with E-state index in [9.17, 15) is 9.90 Å².